The highest BCUT2D eigenvalue weighted by molar-refractivity contribution is 5.73. The maximum absolute atomic E-state index is 12.1. The first-order chi connectivity index (χ1) is 7.27. The molecule has 0 atom stereocenters. The van der Waals surface area contributed by atoms with Crippen LogP contribution in [0.25, 0.3) is 11.0 Å². The predicted octanol–water partition coefficient (Wildman–Crippen LogP) is 0.466. The van der Waals surface area contributed by atoms with Crippen LogP contribution in [-0.2, 0) is 20.0 Å². The van der Waals surface area contributed by atoms with Gasteiger partial charge in [-0.1, -0.05) is 0 Å². The summed E-state index contributed by atoms with van der Waals surface area (Å²) in [6, 6.07) is 0. The molecule has 0 fully saturated rings. The zero-order valence-electron chi connectivity index (χ0n) is 8.60. The largest absolute Gasteiger partial charge is 0.296 e. The number of rotatable bonds is 0. The fraction of sp³-hybridized carbons (Fsp3) is 0.500. The normalized spacial score (nSPS) is 15.5. The zero-order chi connectivity index (χ0) is 10.4. The molecule has 0 amide bonds. The minimum atomic E-state index is 0.0581. The maximum Gasteiger partial charge on any atom is 0.264 e. The van der Waals surface area contributed by atoms with Crippen molar-refractivity contribution in [3.63, 3.8) is 0 Å². The van der Waals surface area contributed by atoms with Gasteiger partial charge in [-0.15, -0.1) is 0 Å². The second-order valence-electron chi connectivity index (χ2n) is 3.95. The van der Waals surface area contributed by atoms with E-state index in [9.17, 15) is 4.79 Å². The van der Waals surface area contributed by atoms with Gasteiger partial charge in [-0.05, 0) is 12.8 Å². The first-order valence-corrected chi connectivity index (χ1v) is 5.19. The average Bonchev–Trinajstić information content (AvgIpc) is 2.62. The lowest BCUT2D eigenvalue weighted by Gasteiger charge is -2.16. The number of nitrogens with zero attached hydrogens (tertiary/aromatic N) is 4. The van der Waals surface area contributed by atoms with Crippen LogP contribution in [0.5, 0.6) is 0 Å². The average molecular weight is 204 g/mol. The van der Waals surface area contributed by atoms with E-state index < -0.39 is 0 Å². The van der Waals surface area contributed by atoms with Crippen molar-refractivity contribution in [3.05, 3.63) is 22.4 Å². The molecule has 2 aromatic heterocycles. The summed E-state index contributed by atoms with van der Waals surface area (Å²) >= 11 is 0. The van der Waals surface area contributed by atoms with E-state index in [2.05, 4.69) is 10.1 Å². The number of aryl methyl sites for hydroxylation is 2. The molecule has 5 nitrogen and oxygen atoms in total. The minimum Gasteiger partial charge on any atom is -0.296 e. The third-order valence-corrected chi connectivity index (χ3v) is 2.96. The van der Waals surface area contributed by atoms with Gasteiger partial charge < -0.3 is 0 Å². The first-order valence-electron chi connectivity index (χ1n) is 5.19. The minimum absolute atomic E-state index is 0.0581. The summed E-state index contributed by atoms with van der Waals surface area (Å²) in [7, 11) is 1.81. The van der Waals surface area contributed by atoms with E-state index in [-0.39, 0.29) is 5.56 Å². The fourth-order valence-electron chi connectivity index (χ4n) is 2.13. The van der Waals surface area contributed by atoms with Crippen molar-refractivity contribution in [2.75, 3.05) is 0 Å². The summed E-state index contributed by atoms with van der Waals surface area (Å²) < 4.78 is 3.44. The Morgan fingerprint density at radius 1 is 1.40 bits per heavy atom. The van der Waals surface area contributed by atoms with Crippen LogP contribution in [0, 0.1) is 0 Å². The van der Waals surface area contributed by atoms with Gasteiger partial charge in [0.05, 0.1) is 6.20 Å². The van der Waals surface area contributed by atoms with Crippen molar-refractivity contribution in [2.45, 2.75) is 25.8 Å². The molecule has 0 aliphatic carbocycles. The van der Waals surface area contributed by atoms with Crippen LogP contribution in [0.1, 0.15) is 18.7 Å². The molecule has 0 unspecified atom stereocenters. The smallest absolute Gasteiger partial charge is 0.264 e. The Balaban J connectivity index is 2.43. The lowest BCUT2D eigenvalue weighted by Crippen LogP contribution is -2.28. The van der Waals surface area contributed by atoms with Gasteiger partial charge in [0.2, 0.25) is 0 Å². The van der Waals surface area contributed by atoms with Gasteiger partial charge in [0.15, 0.2) is 5.65 Å². The van der Waals surface area contributed by atoms with Crippen LogP contribution < -0.4 is 5.56 Å². The molecule has 0 aromatic carbocycles. The SMILES string of the molecule is Cn1ncc2c(=O)n3c(nc21)CCCC3. The molecule has 78 valence electrons. The number of hydrogen-bond donors (Lipinski definition) is 0. The monoisotopic (exact) mass is 204 g/mol. The van der Waals surface area contributed by atoms with E-state index in [1.807, 2.05) is 7.05 Å². The third-order valence-electron chi connectivity index (χ3n) is 2.96. The molecule has 3 heterocycles. The number of aromatic nitrogens is 4. The highest BCUT2D eigenvalue weighted by atomic mass is 16.1. The molecule has 0 spiro atoms. The van der Waals surface area contributed by atoms with Crippen LogP contribution in [0.3, 0.4) is 0 Å². The standard InChI is InChI=1S/C10H12N4O/c1-13-9-7(6-11-13)10(15)14-5-3-2-4-8(14)12-9/h6H,2-5H2,1H3. The van der Waals surface area contributed by atoms with Crippen LogP contribution in [0.4, 0.5) is 0 Å². The Hall–Kier alpha value is -1.65. The second kappa shape index (κ2) is 2.92. The zero-order valence-corrected chi connectivity index (χ0v) is 8.60. The summed E-state index contributed by atoms with van der Waals surface area (Å²) in [6.07, 6.45) is 4.69. The summed E-state index contributed by atoms with van der Waals surface area (Å²) in [5.74, 6) is 0.905. The van der Waals surface area contributed by atoms with Gasteiger partial charge in [-0.2, -0.15) is 5.10 Å². The molecule has 3 rings (SSSR count). The van der Waals surface area contributed by atoms with Gasteiger partial charge in [0.25, 0.3) is 5.56 Å². The van der Waals surface area contributed by atoms with Gasteiger partial charge >= 0.3 is 0 Å². The Labute approximate surface area is 86.3 Å². The van der Waals surface area contributed by atoms with Gasteiger partial charge in [0, 0.05) is 20.0 Å². The Morgan fingerprint density at radius 3 is 3.13 bits per heavy atom. The molecular weight excluding hydrogens is 192 g/mol. The molecular formula is C10H12N4O. The summed E-state index contributed by atoms with van der Waals surface area (Å²) in [5, 5.41) is 4.70. The van der Waals surface area contributed by atoms with Crippen LogP contribution >= 0.6 is 0 Å². The van der Waals surface area contributed by atoms with E-state index >= 15 is 0 Å². The molecule has 2 aromatic rings. The first kappa shape index (κ1) is 8.64. The lowest BCUT2D eigenvalue weighted by atomic mass is 10.1. The van der Waals surface area contributed by atoms with E-state index in [1.54, 1.807) is 15.4 Å². The molecule has 1 aliphatic rings. The van der Waals surface area contributed by atoms with Crippen molar-refractivity contribution >= 4 is 11.0 Å². The van der Waals surface area contributed by atoms with Gasteiger partial charge in [-0.25, -0.2) is 4.98 Å². The van der Waals surface area contributed by atoms with Crippen molar-refractivity contribution in [1.29, 1.82) is 0 Å². The second-order valence-corrected chi connectivity index (χ2v) is 3.95. The number of fused-ring (bicyclic) bond motifs is 2. The van der Waals surface area contributed by atoms with Crippen molar-refractivity contribution in [3.8, 4) is 0 Å². The molecule has 0 radical (unpaired) electrons. The third kappa shape index (κ3) is 1.12. The van der Waals surface area contributed by atoms with Crippen molar-refractivity contribution in [1.82, 2.24) is 19.3 Å². The van der Waals surface area contributed by atoms with Crippen LogP contribution in [-0.4, -0.2) is 19.3 Å². The van der Waals surface area contributed by atoms with Crippen LogP contribution in [0.2, 0.25) is 0 Å². The highest BCUT2D eigenvalue weighted by Gasteiger charge is 2.16. The Kier molecular flexibility index (Phi) is 1.68. The topological polar surface area (TPSA) is 52.7 Å². The predicted molar refractivity (Wildman–Crippen MR) is 55.7 cm³/mol. The van der Waals surface area contributed by atoms with E-state index in [0.717, 1.165) is 31.6 Å². The Bertz CT molecular complexity index is 581. The summed E-state index contributed by atoms with van der Waals surface area (Å²) in [4.78, 5) is 16.6. The molecule has 0 saturated heterocycles. The summed E-state index contributed by atoms with van der Waals surface area (Å²) in [5.41, 5.74) is 0.760. The van der Waals surface area contributed by atoms with Crippen molar-refractivity contribution < 1.29 is 0 Å². The molecule has 0 N–H and O–H groups in total. The lowest BCUT2D eigenvalue weighted by molar-refractivity contribution is 0.500. The van der Waals surface area contributed by atoms with Gasteiger partial charge in [0.1, 0.15) is 11.2 Å². The molecule has 0 bridgehead atoms. The maximum atomic E-state index is 12.1. The van der Waals surface area contributed by atoms with E-state index in [1.165, 1.54) is 0 Å². The van der Waals surface area contributed by atoms with Crippen LogP contribution in [0.15, 0.2) is 11.0 Å². The molecule has 15 heavy (non-hydrogen) atoms. The number of hydrogen-bond acceptors (Lipinski definition) is 3. The highest BCUT2D eigenvalue weighted by Crippen LogP contribution is 2.13. The van der Waals surface area contributed by atoms with E-state index in [4.69, 9.17) is 0 Å². The quantitative estimate of drug-likeness (QED) is 0.626. The Morgan fingerprint density at radius 2 is 2.27 bits per heavy atom. The fourth-order valence-corrected chi connectivity index (χ4v) is 2.13. The van der Waals surface area contributed by atoms with Crippen molar-refractivity contribution in [2.24, 2.45) is 7.05 Å². The van der Waals surface area contributed by atoms with Gasteiger partial charge in [-0.3, -0.25) is 14.0 Å². The van der Waals surface area contributed by atoms with E-state index in [0.29, 0.717) is 11.0 Å². The summed E-state index contributed by atoms with van der Waals surface area (Å²) in [6.45, 7) is 0.798. The molecule has 1 aliphatic heterocycles. The molecule has 0 saturated carbocycles. The molecule has 5 heteroatoms.